The zero-order valence-corrected chi connectivity index (χ0v) is 7.42. The van der Waals surface area contributed by atoms with Crippen molar-refractivity contribution in [2.75, 3.05) is 26.2 Å². The first-order valence-corrected chi connectivity index (χ1v) is 4.65. The van der Waals surface area contributed by atoms with E-state index in [1.807, 2.05) is 0 Å². The van der Waals surface area contributed by atoms with Crippen molar-refractivity contribution in [2.45, 2.75) is 25.7 Å². The minimum atomic E-state index is 0.514. The fraction of sp³-hybridized carbons (Fsp3) is 0.889. The molecule has 3 heteroatoms. The van der Waals surface area contributed by atoms with Crippen LogP contribution in [0.15, 0.2) is 0 Å². The van der Waals surface area contributed by atoms with Gasteiger partial charge in [0.15, 0.2) is 0 Å². The molecule has 69 valence electrons. The molecule has 1 radical (unpaired) electrons. The predicted molar refractivity (Wildman–Crippen MR) is 46.6 cm³/mol. The van der Waals surface area contributed by atoms with Gasteiger partial charge in [0.1, 0.15) is 0 Å². The number of hydrogen-bond acceptors (Lipinski definition) is 3. The standard InChI is InChI=1S/C9H16NO2/c11-9-12-8-4-7-10-5-2-1-3-6-10/h1-8H2. The molecule has 12 heavy (non-hydrogen) atoms. The van der Waals surface area contributed by atoms with Gasteiger partial charge in [0.2, 0.25) is 0 Å². The Morgan fingerprint density at radius 3 is 2.67 bits per heavy atom. The number of piperidine rings is 1. The zero-order chi connectivity index (χ0) is 8.65. The molecule has 0 spiro atoms. The van der Waals surface area contributed by atoms with Crippen molar-refractivity contribution in [3.05, 3.63) is 0 Å². The van der Waals surface area contributed by atoms with Crippen LogP contribution in [-0.4, -0.2) is 37.6 Å². The molecule has 0 aromatic heterocycles. The van der Waals surface area contributed by atoms with Crippen molar-refractivity contribution >= 4 is 6.47 Å². The van der Waals surface area contributed by atoms with E-state index in [9.17, 15) is 4.79 Å². The molecule has 0 aliphatic carbocycles. The lowest BCUT2D eigenvalue weighted by Gasteiger charge is -2.25. The molecule has 1 heterocycles. The third-order valence-corrected chi connectivity index (χ3v) is 2.23. The Hall–Kier alpha value is -0.570. The highest BCUT2D eigenvalue weighted by atomic mass is 16.5. The minimum absolute atomic E-state index is 0.514. The van der Waals surface area contributed by atoms with Crippen molar-refractivity contribution in [1.29, 1.82) is 0 Å². The van der Waals surface area contributed by atoms with Crippen LogP contribution < -0.4 is 0 Å². The Morgan fingerprint density at radius 2 is 2.00 bits per heavy atom. The van der Waals surface area contributed by atoms with Gasteiger partial charge in [-0.2, -0.15) is 0 Å². The van der Waals surface area contributed by atoms with Crippen molar-refractivity contribution in [3.63, 3.8) is 0 Å². The second-order valence-electron chi connectivity index (χ2n) is 3.19. The van der Waals surface area contributed by atoms with E-state index in [0.717, 1.165) is 13.0 Å². The Bertz CT molecular complexity index is 122. The number of hydrogen-bond donors (Lipinski definition) is 0. The molecule has 1 aliphatic rings. The van der Waals surface area contributed by atoms with Gasteiger partial charge in [0.25, 0.3) is 0 Å². The fourth-order valence-corrected chi connectivity index (χ4v) is 1.58. The molecule has 0 unspecified atom stereocenters. The summed E-state index contributed by atoms with van der Waals surface area (Å²) in [6.07, 6.45) is 4.95. The SMILES string of the molecule is O=[C]OCCCN1CCCCC1. The third kappa shape index (κ3) is 3.72. The summed E-state index contributed by atoms with van der Waals surface area (Å²) < 4.78 is 4.49. The lowest BCUT2D eigenvalue weighted by Crippen LogP contribution is -2.31. The van der Waals surface area contributed by atoms with Crippen molar-refractivity contribution in [2.24, 2.45) is 0 Å². The van der Waals surface area contributed by atoms with Crippen molar-refractivity contribution in [3.8, 4) is 0 Å². The maximum Gasteiger partial charge on any atom is 0.417 e. The van der Waals surface area contributed by atoms with E-state index >= 15 is 0 Å². The lowest BCUT2D eigenvalue weighted by molar-refractivity contribution is 0.198. The molecule has 3 nitrogen and oxygen atoms in total. The summed E-state index contributed by atoms with van der Waals surface area (Å²) in [5, 5.41) is 0. The van der Waals surface area contributed by atoms with Crippen LogP contribution >= 0.6 is 0 Å². The topological polar surface area (TPSA) is 29.5 Å². The van der Waals surface area contributed by atoms with Gasteiger partial charge in [-0.05, 0) is 32.4 Å². The molecule has 0 aromatic carbocycles. The molecule has 0 amide bonds. The summed E-state index contributed by atoms with van der Waals surface area (Å²) in [4.78, 5) is 12.1. The van der Waals surface area contributed by atoms with Gasteiger partial charge in [0.05, 0.1) is 6.61 Å². The Morgan fingerprint density at radius 1 is 1.25 bits per heavy atom. The molecule has 1 rings (SSSR count). The van der Waals surface area contributed by atoms with Crippen LogP contribution in [0.25, 0.3) is 0 Å². The molecule has 0 aromatic rings. The summed E-state index contributed by atoms with van der Waals surface area (Å²) in [5.74, 6) is 0. The Labute approximate surface area is 73.7 Å². The van der Waals surface area contributed by atoms with Gasteiger partial charge in [0, 0.05) is 6.54 Å². The first kappa shape index (κ1) is 9.52. The first-order valence-electron chi connectivity index (χ1n) is 4.65. The summed E-state index contributed by atoms with van der Waals surface area (Å²) >= 11 is 0. The fourth-order valence-electron chi connectivity index (χ4n) is 1.58. The van der Waals surface area contributed by atoms with Gasteiger partial charge in [-0.15, -0.1) is 0 Å². The molecule has 1 saturated heterocycles. The molecule has 0 saturated carbocycles. The van der Waals surface area contributed by atoms with E-state index in [-0.39, 0.29) is 0 Å². The summed E-state index contributed by atoms with van der Waals surface area (Å²) in [5.41, 5.74) is 0. The normalized spacial score (nSPS) is 19.0. The lowest BCUT2D eigenvalue weighted by atomic mass is 10.1. The van der Waals surface area contributed by atoms with Crippen LogP contribution in [0.2, 0.25) is 0 Å². The minimum Gasteiger partial charge on any atom is -0.457 e. The number of likely N-dealkylation sites (tertiary alicyclic amines) is 1. The average Bonchev–Trinajstić information content (AvgIpc) is 2.14. The van der Waals surface area contributed by atoms with Crippen LogP contribution in [0.1, 0.15) is 25.7 Å². The second kappa shape index (κ2) is 6.00. The van der Waals surface area contributed by atoms with E-state index in [0.29, 0.717) is 6.61 Å². The van der Waals surface area contributed by atoms with Crippen LogP contribution in [0.5, 0.6) is 0 Å². The highest BCUT2D eigenvalue weighted by Gasteiger charge is 2.08. The number of ether oxygens (including phenoxy) is 1. The maximum atomic E-state index is 9.70. The van der Waals surface area contributed by atoms with Gasteiger partial charge >= 0.3 is 6.47 Å². The number of nitrogens with zero attached hydrogens (tertiary/aromatic N) is 1. The maximum absolute atomic E-state index is 9.70. The highest BCUT2D eigenvalue weighted by molar-refractivity contribution is 5.37. The smallest absolute Gasteiger partial charge is 0.417 e. The quantitative estimate of drug-likeness (QED) is 0.575. The third-order valence-electron chi connectivity index (χ3n) is 2.23. The van der Waals surface area contributed by atoms with Crippen molar-refractivity contribution < 1.29 is 9.53 Å². The van der Waals surface area contributed by atoms with Crippen LogP contribution in [0.3, 0.4) is 0 Å². The number of rotatable bonds is 5. The van der Waals surface area contributed by atoms with Gasteiger partial charge in [-0.1, -0.05) is 6.42 Å². The van der Waals surface area contributed by atoms with Gasteiger partial charge in [-0.25, -0.2) is 4.79 Å². The van der Waals surface area contributed by atoms with E-state index in [4.69, 9.17) is 0 Å². The molecular weight excluding hydrogens is 154 g/mol. The Balaban J connectivity index is 1.94. The Kier molecular flexibility index (Phi) is 4.76. The summed E-state index contributed by atoms with van der Waals surface area (Å²) in [7, 11) is 0. The van der Waals surface area contributed by atoms with Crippen LogP contribution in [0.4, 0.5) is 0 Å². The summed E-state index contributed by atoms with van der Waals surface area (Å²) in [6, 6.07) is 0. The molecule has 0 N–H and O–H groups in total. The molecule has 0 atom stereocenters. The van der Waals surface area contributed by atoms with E-state index < -0.39 is 0 Å². The predicted octanol–water partition coefficient (Wildman–Crippen LogP) is 0.946. The highest BCUT2D eigenvalue weighted by Crippen LogP contribution is 2.08. The van der Waals surface area contributed by atoms with E-state index in [2.05, 4.69) is 9.64 Å². The zero-order valence-electron chi connectivity index (χ0n) is 7.42. The molecule has 0 bridgehead atoms. The van der Waals surface area contributed by atoms with Crippen molar-refractivity contribution in [1.82, 2.24) is 4.90 Å². The van der Waals surface area contributed by atoms with Crippen LogP contribution in [0, 0.1) is 0 Å². The van der Waals surface area contributed by atoms with E-state index in [1.165, 1.54) is 38.8 Å². The summed E-state index contributed by atoms with van der Waals surface area (Å²) in [6.45, 7) is 5.43. The van der Waals surface area contributed by atoms with Crippen LogP contribution in [-0.2, 0) is 9.53 Å². The monoisotopic (exact) mass is 170 g/mol. The van der Waals surface area contributed by atoms with E-state index in [1.54, 1.807) is 0 Å². The first-order chi connectivity index (χ1) is 5.93. The number of carbonyl (C=O) groups excluding carboxylic acids is 1. The second-order valence-corrected chi connectivity index (χ2v) is 3.19. The largest absolute Gasteiger partial charge is 0.457 e. The van der Waals surface area contributed by atoms with Gasteiger partial charge < -0.3 is 9.64 Å². The molecule has 1 aliphatic heterocycles. The van der Waals surface area contributed by atoms with Gasteiger partial charge in [-0.3, -0.25) is 0 Å². The molecule has 1 fully saturated rings. The molecular formula is C9H16NO2. The average molecular weight is 170 g/mol.